The molecule has 0 unspecified atom stereocenters. The molecule has 0 rings (SSSR count). The zero-order chi connectivity index (χ0) is 11.4. The summed E-state index contributed by atoms with van der Waals surface area (Å²) in [6.45, 7) is 1.82. The summed E-state index contributed by atoms with van der Waals surface area (Å²) in [6, 6.07) is 0. The Morgan fingerprint density at radius 1 is 1.43 bits per heavy atom. The predicted octanol–water partition coefficient (Wildman–Crippen LogP) is 1.56. The molecule has 3 nitrogen and oxygen atoms in total. The summed E-state index contributed by atoms with van der Waals surface area (Å²) in [6.07, 6.45) is -4.41. The van der Waals surface area contributed by atoms with E-state index in [-0.39, 0.29) is 12.5 Å². The number of rotatable bonds is 4. The molecule has 0 aliphatic carbocycles. The van der Waals surface area contributed by atoms with Crippen LogP contribution in [0.1, 0.15) is 6.92 Å². The highest BCUT2D eigenvalue weighted by Gasteiger charge is 2.37. The van der Waals surface area contributed by atoms with Gasteiger partial charge in [-0.3, -0.25) is 4.79 Å². The molecule has 6 heteroatoms. The molecular formula is C8H12F3NO2. The van der Waals surface area contributed by atoms with Crippen LogP contribution in [0, 0.1) is 0 Å². The number of hydrogen-bond donors (Lipinski definition) is 0. The number of allylic oxidation sites excluding steroid dienone is 1. The van der Waals surface area contributed by atoms with Gasteiger partial charge in [0.2, 0.25) is 0 Å². The van der Waals surface area contributed by atoms with Crippen LogP contribution in [0.4, 0.5) is 13.2 Å². The zero-order valence-electron chi connectivity index (χ0n) is 8.18. The highest BCUT2D eigenvalue weighted by molar-refractivity contribution is 5.94. The molecule has 14 heavy (non-hydrogen) atoms. The number of hydrogen-bond acceptors (Lipinski definition) is 3. The Morgan fingerprint density at radius 2 is 1.93 bits per heavy atom. The Balaban J connectivity index is 4.66. The second-order valence-corrected chi connectivity index (χ2v) is 2.67. The van der Waals surface area contributed by atoms with E-state index in [0.29, 0.717) is 6.08 Å². The van der Waals surface area contributed by atoms with Gasteiger partial charge < -0.3 is 9.64 Å². The second kappa shape index (κ2) is 4.88. The third-order valence-corrected chi connectivity index (χ3v) is 1.27. The van der Waals surface area contributed by atoms with Crippen LogP contribution in [0.15, 0.2) is 12.0 Å². The van der Waals surface area contributed by atoms with Crippen LogP contribution >= 0.6 is 0 Å². The van der Waals surface area contributed by atoms with E-state index in [0.717, 1.165) is 0 Å². The van der Waals surface area contributed by atoms with Crippen LogP contribution in [0.2, 0.25) is 0 Å². The summed E-state index contributed by atoms with van der Waals surface area (Å²) >= 11 is 0. The maximum Gasteiger partial charge on any atom is 0.454 e. The number of ether oxygens (including phenoxy) is 1. The van der Waals surface area contributed by atoms with Crippen LogP contribution in [-0.2, 0) is 9.53 Å². The van der Waals surface area contributed by atoms with Gasteiger partial charge >= 0.3 is 6.18 Å². The Hall–Kier alpha value is -1.20. The molecule has 0 aromatic rings. The van der Waals surface area contributed by atoms with Crippen molar-refractivity contribution in [3.8, 4) is 0 Å². The molecule has 0 aliphatic rings. The first-order chi connectivity index (χ1) is 6.29. The minimum atomic E-state index is -4.85. The summed E-state index contributed by atoms with van der Waals surface area (Å²) in [5.41, 5.74) is 0. The van der Waals surface area contributed by atoms with Gasteiger partial charge in [-0.05, 0) is 6.92 Å². The lowest BCUT2D eigenvalue weighted by Crippen LogP contribution is -2.23. The van der Waals surface area contributed by atoms with Gasteiger partial charge in [0, 0.05) is 14.1 Å². The molecule has 0 aliphatic heterocycles. The molecule has 0 atom stereocenters. The lowest BCUT2D eigenvalue weighted by atomic mass is 10.3. The molecule has 0 heterocycles. The molecule has 0 spiro atoms. The number of ketones is 1. The van der Waals surface area contributed by atoms with Crippen LogP contribution < -0.4 is 0 Å². The van der Waals surface area contributed by atoms with Crippen molar-refractivity contribution >= 4 is 5.78 Å². The Kier molecular flexibility index (Phi) is 4.46. The molecule has 82 valence electrons. The fourth-order valence-electron chi connectivity index (χ4n) is 0.642. The first-order valence-corrected chi connectivity index (χ1v) is 3.92. The standard InChI is InChI=1S/C8H12F3NO2/c1-4-14-7(12(2)3)5-6(13)8(9,10)11/h5H,4H2,1-3H3/b7-5+. The van der Waals surface area contributed by atoms with Crippen LogP contribution in [0.3, 0.4) is 0 Å². The topological polar surface area (TPSA) is 29.5 Å². The largest absolute Gasteiger partial charge is 0.479 e. The van der Waals surface area contributed by atoms with Crippen molar-refractivity contribution in [2.45, 2.75) is 13.1 Å². The molecule has 0 saturated carbocycles. The van der Waals surface area contributed by atoms with Gasteiger partial charge in [0.25, 0.3) is 5.78 Å². The summed E-state index contributed by atoms with van der Waals surface area (Å²) in [4.78, 5) is 11.8. The van der Waals surface area contributed by atoms with Gasteiger partial charge in [0.05, 0.1) is 12.7 Å². The molecule has 0 aromatic carbocycles. The van der Waals surface area contributed by atoms with Crippen molar-refractivity contribution in [1.82, 2.24) is 4.90 Å². The first kappa shape index (κ1) is 12.8. The molecule has 0 bridgehead atoms. The SMILES string of the molecule is CCO/C(=C/C(=O)C(F)(F)F)N(C)C. The van der Waals surface area contributed by atoms with Crippen LogP contribution in [0.5, 0.6) is 0 Å². The Labute approximate surface area is 80.1 Å². The number of halogens is 3. The van der Waals surface area contributed by atoms with Crippen molar-refractivity contribution < 1.29 is 22.7 Å². The Bertz CT molecular complexity index is 233. The fourth-order valence-corrected chi connectivity index (χ4v) is 0.642. The molecule has 0 saturated heterocycles. The number of carbonyl (C=O) groups is 1. The van der Waals surface area contributed by atoms with E-state index >= 15 is 0 Å². The molecule has 0 fully saturated rings. The summed E-state index contributed by atoms with van der Waals surface area (Å²) < 4.78 is 40.4. The van der Waals surface area contributed by atoms with Crippen LogP contribution in [-0.4, -0.2) is 37.6 Å². The molecule has 0 N–H and O–H groups in total. The van der Waals surface area contributed by atoms with Crippen molar-refractivity contribution in [3.05, 3.63) is 12.0 Å². The first-order valence-electron chi connectivity index (χ1n) is 3.92. The molecule has 0 radical (unpaired) electrons. The Morgan fingerprint density at radius 3 is 2.21 bits per heavy atom. The molecular weight excluding hydrogens is 199 g/mol. The van der Waals surface area contributed by atoms with Gasteiger partial charge in [-0.1, -0.05) is 0 Å². The minimum Gasteiger partial charge on any atom is -0.479 e. The van der Waals surface area contributed by atoms with E-state index in [4.69, 9.17) is 4.74 Å². The van der Waals surface area contributed by atoms with E-state index in [1.165, 1.54) is 19.0 Å². The lowest BCUT2D eigenvalue weighted by Gasteiger charge is -2.16. The summed E-state index contributed by atoms with van der Waals surface area (Å²) in [5.74, 6) is -2.02. The third kappa shape index (κ3) is 4.15. The second-order valence-electron chi connectivity index (χ2n) is 2.67. The van der Waals surface area contributed by atoms with E-state index in [1.807, 2.05) is 0 Å². The van der Waals surface area contributed by atoms with Gasteiger partial charge in [-0.15, -0.1) is 0 Å². The quantitative estimate of drug-likeness (QED) is 0.522. The highest BCUT2D eigenvalue weighted by Crippen LogP contribution is 2.18. The smallest absolute Gasteiger partial charge is 0.454 e. The van der Waals surface area contributed by atoms with E-state index in [1.54, 1.807) is 6.92 Å². The maximum absolute atomic E-state index is 11.8. The fraction of sp³-hybridized carbons (Fsp3) is 0.625. The average Bonchev–Trinajstić information content (AvgIpc) is 2.01. The van der Waals surface area contributed by atoms with Gasteiger partial charge in [0.1, 0.15) is 0 Å². The van der Waals surface area contributed by atoms with Gasteiger partial charge in [-0.25, -0.2) is 0 Å². The van der Waals surface area contributed by atoms with Crippen LogP contribution in [0.25, 0.3) is 0 Å². The predicted molar refractivity (Wildman–Crippen MR) is 44.5 cm³/mol. The number of nitrogens with zero attached hydrogens (tertiary/aromatic N) is 1. The van der Waals surface area contributed by atoms with Crippen molar-refractivity contribution in [1.29, 1.82) is 0 Å². The average molecular weight is 211 g/mol. The molecule has 0 amide bonds. The highest BCUT2D eigenvalue weighted by atomic mass is 19.4. The molecule has 0 aromatic heterocycles. The number of carbonyl (C=O) groups excluding carboxylic acids is 1. The normalized spacial score (nSPS) is 12.6. The van der Waals surface area contributed by atoms with E-state index < -0.39 is 12.0 Å². The monoisotopic (exact) mass is 211 g/mol. The minimum absolute atomic E-state index is 0.102. The van der Waals surface area contributed by atoms with Crippen molar-refractivity contribution in [2.24, 2.45) is 0 Å². The third-order valence-electron chi connectivity index (χ3n) is 1.27. The van der Waals surface area contributed by atoms with Gasteiger partial charge in [-0.2, -0.15) is 13.2 Å². The summed E-state index contributed by atoms with van der Waals surface area (Å²) in [5, 5.41) is 0. The van der Waals surface area contributed by atoms with E-state index in [2.05, 4.69) is 0 Å². The van der Waals surface area contributed by atoms with Gasteiger partial charge in [0.15, 0.2) is 5.88 Å². The lowest BCUT2D eigenvalue weighted by molar-refractivity contribution is -0.165. The number of alkyl halides is 3. The maximum atomic E-state index is 11.8. The van der Waals surface area contributed by atoms with Crippen molar-refractivity contribution in [3.63, 3.8) is 0 Å². The van der Waals surface area contributed by atoms with Crippen molar-refractivity contribution in [2.75, 3.05) is 20.7 Å². The van der Waals surface area contributed by atoms with E-state index in [9.17, 15) is 18.0 Å². The summed E-state index contributed by atoms with van der Waals surface area (Å²) in [7, 11) is 2.98. The zero-order valence-corrected chi connectivity index (χ0v) is 8.18.